The average Bonchev–Trinajstić information content (AvgIpc) is 2.65. The van der Waals surface area contributed by atoms with Crippen LogP contribution in [0.1, 0.15) is 76.2 Å². The third-order valence-corrected chi connectivity index (χ3v) is 5.86. The molecule has 130 valence electrons. The van der Waals surface area contributed by atoms with Gasteiger partial charge in [0, 0.05) is 0 Å². The topological polar surface area (TPSA) is 9.23 Å². The van der Waals surface area contributed by atoms with Gasteiger partial charge in [0.15, 0.2) is 0 Å². The molecule has 0 atom stereocenters. The summed E-state index contributed by atoms with van der Waals surface area (Å²) in [5.41, 5.74) is 1.54. The van der Waals surface area contributed by atoms with Gasteiger partial charge in [0.05, 0.1) is 7.11 Å². The molecule has 0 radical (unpaired) electrons. The molecule has 1 saturated carbocycles. The molecule has 0 heterocycles. The minimum atomic E-state index is 0.767. The summed E-state index contributed by atoms with van der Waals surface area (Å²) in [6.07, 6.45) is 12.7. The number of fused-ring (bicyclic) bond motifs is 1. The zero-order valence-corrected chi connectivity index (χ0v) is 15.4. The maximum absolute atomic E-state index is 5.33. The van der Waals surface area contributed by atoms with E-state index in [0.717, 1.165) is 17.6 Å². The molecule has 0 amide bonds. The molecule has 1 fully saturated rings. The van der Waals surface area contributed by atoms with Crippen molar-refractivity contribution in [1.29, 1.82) is 0 Å². The SMILES string of the molecule is CCCCCCC1CCC(c2ccc3cc(OC)ccc3c2)CC1. The van der Waals surface area contributed by atoms with Crippen LogP contribution in [0.25, 0.3) is 10.8 Å². The first kappa shape index (κ1) is 17.3. The number of unbranched alkanes of at least 4 members (excludes halogenated alkanes) is 3. The summed E-state index contributed by atoms with van der Waals surface area (Å²) in [6, 6.07) is 13.4. The molecule has 3 rings (SSSR count). The normalized spacial score (nSPS) is 21.1. The fourth-order valence-corrected chi connectivity index (χ4v) is 4.27. The molecule has 0 N–H and O–H groups in total. The molecule has 0 saturated heterocycles. The lowest BCUT2D eigenvalue weighted by molar-refractivity contribution is 0.302. The largest absolute Gasteiger partial charge is 0.497 e. The number of rotatable bonds is 7. The molecule has 2 aromatic rings. The Labute approximate surface area is 147 Å². The predicted molar refractivity (Wildman–Crippen MR) is 104 cm³/mol. The van der Waals surface area contributed by atoms with Crippen LogP contribution in [0.5, 0.6) is 5.75 Å². The molecule has 0 aliphatic heterocycles. The van der Waals surface area contributed by atoms with Crippen LogP contribution in [0.2, 0.25) is 0 Å². The highest BCUT2D eigenvalue weighted by Gasteiger charge is 2.22. The predicted octanol–water partition coefficient (Wildman–Crippen LogP) is 7.09. The second-order valence-corrected chi connectivity index (χ2v) is 7.54. The van der Waals surface area contributed by atoms with Crippen LogP contribution in [0.3, 0.4) is 0 Å². The highest BCUT2D eigenvalue weighted by molar-refractivity contribution is 5.84. The van der Waals surface area contributed by atoms with Crippen LogP contribution in [0.15, 0.2) is 36.4 Å². The van der Waals surface area contributed by atoms with Crippen LogP contribution in [0, 0.1) is 5.92 Å². The summed E-state index contributed by atoms with van der Waals surface area (Å²) >= 11 is 0. The van der Waals surface area contributed by atoms with Gasteiger partial charge in [-0.3, -0.25) is 0 Å². The molecular weight excluding hydrogens is 292 g/mol. The molecule has 0 unspecified atom stereocenters. The Morgan fingerprint density at radius 1 is 0.875 bits per heavy atom. The summed E-state index contributed by atoms with van der Waals surface area (Å²) in [7, 11) is 1.73. The van der Waals surface area contributed by atoms with Crippen molar-refractivity contribution in [3.05, 3.63) is 42.0 Å². The average molecular weight is 325 g/mol. The number of benzene rings is 2. The second kappa shape index (κ2) is 8.55. The Hall–Kier alpha value is -1.50. The van der Waals surface area contributed by atoms with Crippen LogP contribution in [0.4, 0.5) is 0 Å². The third kappa shape index (κ3) is 4.32. The minimum absolute atomic E-state index is 0.767. The van der Waals surface area contributed by atoms with E-state index in [4.69, 9.17) is 4.74 Å². The van der Waals surface area contributed by atoms with Crippen LogP contribution in [-0.2, 0) is 0 Å². The van der Waals surface area contributed by atoms with E-state index in [9.17, 15) is 0 Å². The van der Waals surface area contributed by atoms with E-state index in [1.165, 1.54) is 74.1 Å². The number of methoxy groups -OCH3 is 1. The lowest BCUT2D eigenvalue weighted by atomic mass is 9.77. The van der Waals surface area contributed by atoms with Crippen LogP contribution >= 0.6 is 0 Å². The Balaban J connectivity index is 1.57. The summed E-state index contributed by atoms with van der Waals surface area (Å²) in [5, 5.41) is 2.62. The van der Waals surface area contributed by atoms with E-state index in [0.29, 0.717) is 0 Å². The smallest absolute Gasteiger partial charge is 0.119 e. The van der Waals surface area contributed by atoms with Gasteiger partial charge in [-0.15, -0.1) is 0 Å². The molecule has 1 aliphatic carbocycles. The van der Waals surface area contributed by atoms with E-state index < -0.39 is 0 Å². The van der Waals surface area contributed by atoms with E-state index >= 15 is 0 Å². The monoisotopic (exact) mass is 324 g/mol. The van der Waals surface area contributed by atoms with Crippen molar-refractivity contribution in [2.75, 3.05) is 7.11 Å². The minimum Gasteiger partial charge on any atom is -0.497 e. The lowest BCUT2D eigenvalue weighted by Gasteiger charge is -2.29. The van der Waals surface area contributed by atoms with Gasteiger partial charge in [0.25, 0.3) is 0 Å². The maximum atomic E-state index is 5.33. The van der Waals surface area contributed by atoms with Crippen molar-refractivity contribution in [1.82, 2.24) is 0 Å². The molecule has 0 spiro atoms. The first-order valence-corrected chi connectivity index (χ1v) is 9.88. The van der Waals surface area contributed by atoms with Gasteiger partial charge in [-0.25, -0.2) is 0 Å². The molecule has 1 aliphatic rings. The van der Waals surface area contributed by atoms with Crippen LogP contribution < -0.4 is 4.74 Å². The Kier molecular flexibility index (Phi) is 6.18. The molecule has 0 aromatic heterocycles. The van der Waals surface area contributed by atoms with E-state index in [-0.39, 0.29) is 0 Å². The number of hydrogen-bond donors (Lipinski definition) is 0. The Bertz CT molecular complexity index is 638. The first-order chi connectivity index (χ1) is 11.8. The summed E-state index contributed by atoms with van der Waals surface area (Å²) in [4.78, 5) is 0. The molecule has 1 nitrogen and oxygen atoms in total. The first-order valence-electron chi connectivity index (χ1n) is 9.88. The summed E-state index contributed by atoms with van der Waals surface area (Å²) in [5.74, 6) is 2.70. The van der Waals surface area contributed by atoms with Gasteiger partial charge in [0.2, 0.25) is 0 Å². The van der Waals surface area contributed by atoms with Crippen molar-refractivity contribution in [3.63, 3.8) is 0 Å². The zero-order chi connectivity index (χ0) is 16.8. The molecule has 1 heteroatoms. The van der Waals surface area contributed by atoms with Gasteiger partial charge in [0.1, 0.15) is 5.75 Å². The quantitative estimate of drug-likeness (QED) is 0.494. The standard InChI is InChI=1S/C23H32O/c1-3-4-5-6-7-18-8-10-19(11-9-18)20-12-13-22-17-23(24-2)15-14-21(22)16-20/h12-19H,3-11H2,1-2H3. The molecule has 24 heavy (non-hydrogen) atoms. The van der Waals surface area contributed by atoms with Gasteiger partial charge in [-0.2, -0.15) is 0 Å². The maximum Gasteiger partial charge on any atom is 0.119 e. The van der Waals surface area contributed by atoms with Gasteiger partial charge in [-0.1, -0.05) is 63.3 Å². The fraction of sp³-hybridized carbons (Fsp3) is 0.565. The molecular formula is C23H32O. The van der Waals surface area contributed by atoms with Gasteiger partial charge < -0.3 is 4.74 Å². The molecule has 2 aromatic carbocycles. The van der Waals surface area contributed by atoms with E-state index in [2.05, 4.69) is 43.3 Å². The van der Waals surface area contributed by atoms with E-state index in [1.807, 2.05) is 0 Å². The second-order valence-electron chi connectivity index (χ2n) is 7.54. The van der Waals surface area contributed by atoms with Crippen LogP contribution in [-0.4, -0.2) is 7.11 Å². The number of hydrogen-bond acceptors (Lipinski definition) is 1. The van der Waals surface area contributed by atoms with E-state index in [1.54, 1.807) is 7.11 Å². The Morgan fingerprint density at radius 2 is 1.62 bits per heavy atom. The zero-order valence-electron chi connectivity index (χ0n) is 15.4. The van der Waals surface area contributed by atoms with Crippen molar-refractivity contribution >= 4 is 10.8 Å². The Morgan fingerprint density at radius 3 is 2.38 bits per heavy atom. The van der Waals surface area contributed by atoms with Crippen molar-refractivity contribution in [3.8, 4) is 5.75 Å². The van der Waals surface area contributed by atoms with Gasteiger partial charge in [-0.05, 0) is 66.0 Å². The summed E-state index contributed by atoms with van der Waals surface area (Å²) < 4.78 is 5.33. The van der Waals surface area contributed by atoms with Gasteiger partial charge >= 0.3 is 0 Å². The number of ether oxygens (including phenoxy) is 1. The molecule has 0 bridgehead atoms. The van der Waals surface area contributed by atoms with Crippen molar-refractivity contribution < 1.29 is 4.74 Å². The van der Waals surface area contributed by atoms with Crippen molar-refractivity contribution in [2.45, 2.75) is 70.6 Å². The fourth-order valence-electron chi connectivity index (χ4n) is 4.27. The lowest BCUT2D eigenvalue weighted by Crippen LogP contribution is -2.13. The highest BCUT2D eigenvalue weighted by atomic mass is 16.5. The summed E-state index contributed by atoms with van der Waals surface area (Å²) in [6.45, 7) is 2.30. The van der Waals surface area contributed by atoms with Crippen molar-refractivity contribution in [2.24, 2.45) is 5.92 Å². The third-order valence-electron chi connectivity index (χ3n) is 5.86. The highest BCUT2D eigenvalue weighted by Crippen LogP contribution is 2.38.